The van der Waals surface area contributed by atoms with Crippen LogP contribution in [-0.4, -0.2) is 15.3 Å². The SMILES string of the molecule is N#CCSc1nc2cc(C(F)(F)F)ccc2n1Cc1ccccc1. The van der Waals surface area contributed by atoms with Gasteiger partial charge in [0.2, 0.25) is 0 Å². The molecular weight excluding hydrogens is 335 g/mol. The lowest BCUT2D eigenvalue weighted by Crippen LogP contribution is -2.05. The summed E-state index contributed by atoms with van der Waals surface area (Å²) < 4.78 is 40.5. The number of hydrogen-bond donors (Lipinski definition) is 0. The fourth-order valence-electron chi connectivity index (χ4n) is 2.41. The van der Waals surface area contributed by atoms with Gasteiger partial charge in [-0.05, 0) is 23.8 Å². The van der Waals surface area contributed by atoms with Gasteiger partial charge in [-0.2, -0.15) is 18.4 Å². The standard InChI is InChI=1S/C17H12F3N3S/c18-17(19,20)13-6-7-15-14(10-13)22-16(24-9-8-21)23(15)11-12-4-2-1-3-5-12/h1-7,10H,9,11H2. The zero-order valence-corrected chi connectivity index (χ0v) is 13.2. The first-order valence-corrected chi connectivity index (χ1v) is 8.09. The van der Waals surface area contributed by atoms with Crippen LogP contribution in [0.4, 0.5) is 13.2 Å². The van der Waals surface area contributed by atoms with Crippen molar-refractivity contribution in [3.05, 3.63) is 59.7 Å². The fourth-order valence-corrected chi connectivity index (χ4v) is 3.09. The van der Waals surface area contributed by atoms with Crippen molar-refractivity contribution >= 4 is 22.8 Å². The molecule has 2 aromatic carbocycles. The van der Waals surface area contributed by atoms with E-state index in [0.29, 0.717) is 17.2 Å². The average Bonchev–Trinajstić information content (AvgIpc) is 2.90. The van der Waals surface area contributed by atoms with E-state index in [-0.39, 0.29) is 11.3 Å². The highest BCUT2D eigenvalue weighted by Crippen LogP contribution is 2.33. The molecule has 3 aromatic rings. The van der Waals surface area contributed by atoms with Gasteiger partial charge in [0.25, 0.3) is 0 Å². The predicted molar refractivity (Wildman–Crippen MR) is 86.6 cm³/mol. The number of halogens is 3. The second-order valence-electron chi connectivity index (χ2n) is 5.11. The molecule has 0 saturated heterocycles. The molecule has 0 aliphatic rings. The molecule has 1 heterocycles. The van der Waals surface area contributed by atoms with E-state index in [9.17, 15) is 13.2 Å². The van der Waals surface area contributed by atoms with Crippen LogP contribution in [0.5, 0.6) is 0 Å². The number of thioether (sulfide) groups is 1. The summed E-state index contributed by atoms with van der Waals surface area (Å²) in [6.07, 6.45) is -4.41. The molecule has 0 saturated carbocycles. The van der Waals surface area contributed by atoms with E-state index in [4.69, 9.17) is 5.26 Å². The number of benzene rings is 2. The lowest BCUT2D eigenvalue weighted by atomic mass is 10.2. The Balaban J connectivity index is 2.08. The Morgan fingerprint density at radius 1 is 1.12 bits per heavy atom. The van der Waals surface area contributed by atoms with Crippen LogP contribution < -0.4 is 0 Å². The van der Waals surface area contributed by atoms with Gasteiger partial charge >= 0.3 is 6.18 Å². The van der Waals surface area contributed by atoms with Crippen molar-refractivity contribution in [2.45, 2.75) is 17.9 Å². The Labute approximate surface area is 140 Å². The van der Waals surface area contributed by atoms with Crippen molar-refractivity contribution in [1.82, 2.24) is 9.55 Å². The third-order valence-corrected chi connectivity index (χ3v) is 4.33. The molecule has 0 bridgehead atoms. The van der Waals surface area contributed by atoms with E-state index in [0.717, 1.165) is 17.7 Å². The molecule has 0 aliphatic heterocycles. The number of fused-ring (bicyclic) bond motifs is 1. The van der Waals surface area contributed by atoms with Gasteiger partial charge < -0.3 is 4.57 Å². The lowest BCUT2D eigenvalue weighted by molar-refractivity contribution is -0.137. The van der Waals surface area contributed by atoms with Crippen LogP contribution in [0.3, 0.4) is 0 Å². The average molecular weight is 347 g/mol. The molecule has 3 rings (SSSR count). The van der Waals surface area contributed by atoms with Crippen LogP contribution in [0.2, 0.25) is 0 Å². The first-order valence-electron chi connectivity index (χ1n) is 7.10. The largest absolute Gasteiger partial charge is 0.416 e. The van der Waals surface area contributed by atoms with Crippen LogP contribution >= 0.6 is 11.8 Å². The van der Waals surface area contributed by atoms with Crippen LogP contribution in [0.15, 0.2) is 53.7 Å². The Kier molecular flexibility index (Phi) is 4.49. The molecular formula is C17H12F3N3S. The van der Waals surface area contributed by atoms with E-state index in [2.05, 4.69) is 4.98 Å². The fraction of sp³-hybridized carbons (Fsp3) is 0.176. The number of aromatic nitrogens is 2. The van der Waals surface area contributed by atoms with Crippen molar-refractivity contribution < 1.29 is 13.2 Å². The topological polar surface area (TPSA) is 41.6 Å². The molecule has 24 heavy (non-hydrogen) atoms. The molecule has 3 nitrogen and oxygen atoms in total. The molecule has 122 valence electrons. The molecule has 0 fully saturated rings. The summed E-state index contributed by atoms with van der Waals surface area (Å²) in [5.74, 6) is 0.185. The lowest BCUT2D eigenvalue weighted by Gasteiger charge is -2.09. The smallest absolute Gasteiger partial charge is 0.314 e. The first-order chi connectivity index (χ1) is 11.5. The number of rotatable bonds is 4. The van der Waals surface area contributed by atoms with Gasteiger partial charge in [0.1, 0.15) is 0 Å². The monoisotopic (exact) mass is 347 g/mol. The maximum absolute atomic E-state index is 12.9. The van der Waals surface area contributed by atoms with Gasteiger partial charge in [-0.1, -0.05) is 42.1 Å². The summed E-state index contributed by atoms with van der Waals surface area (Å²) in [5.41, 5.74) is 1.18. The number of alkyl halides is 3. The van der Waals surface area contributed by atoms with Crippen molar-refractivity contribution in [2.75, 3.05) is 5.75 Å². The number of imidazole rings is 1. The van der Waals surface area contributed by atoms with Crippen LogP contribution in [-0.2, 0) is 12.7 Å². The van der Waals surface area contributed by atoms with Crippen LogP contribution in [0, 0.1) is 11.3 Å². The molecule has 0 aliphatic carbocycles. The first kappa shape index (κ1) is 16.4. The van der Waals surface area contributed by atoms with Crippen LogP contribution in [0.25, 0.3) is 11.0 Å². The maximum Gasteiger partial charge on any atom is 0.416 e. The van der Waals surface area contributed by atoms with Gasteiger partial charge in [-0.3, -0.25) is 0 Å². The summed E-state index contributed by atoms with van der Waals surface area (Å²) >= 11 is 1.21. The molecule has 0 amide bonds. The Morgan fingerprint density at radius 2 is 1.88 bits per heavy atom. The van der Waals surface area contributed by atoms with E-state index in [1.165, 1.54) is 17.8 Å². The van der Waals surface area contributed by atoms with Crippen molar-refractivity contribution in [1.29, 1.82) is 5.26 Å². The summed E-state index contributed by atoms with van der Waals surface area (Å²) in [7, 11) is 0. The third-order valence-electron chi connectivity index (χ3n) is 3.49. The van der Waals surface area contributed by atoms with E-state index in [1.807, 2.05) is 41.0 Å². The number of hydrogen-bond acceptors (Lipinski definition) is 3. The highest BCUT2D eigenvalue weighted by Gasteiger charge is 2.31. The van der Waals surface area contributed by atoms with Crippen LogP contribution in [0.1, 0.15) is 11.1 Å². The molecule has 0 spiro atoms. The normalized spacial score (nSPS) is 11.6. The highest BCUT2D eigenvalue weighted by atomic mass is 32.2. The molecule has 0 atom stereocenters. The molecule has 0 radical (unpaired) electrons. The number of nitrogens with zero attached hydrogens (tertiary/aromatic N) is 3. The second-order valence-corrected chi connectivity index (χ2v) is 6.06. The molecule has 1 aromatic heterocycles. The van der Waals surface area contributed by atoms with E-state index < -0.39 is 11.7 Å². The van der Waals surface area contributed by atoms with Gasteiger partial charge in [-0.25, -0.2) is 4.98 Å². The van der Waals surface area contributed by atoms with E-state index in [1.54, 1.807) is 0 Å². The summed E-state index contributed by atoms with van der Waals surface area (Å²) in [6.45, 7) is 0.483. The van der Waals surface area contributed by atoms with Crippen molar-refractivity contribution in [3.8, 4) is 6.07 Å². The zero-order chi connectivity index (χ0) is 17.2. The minimum atomic E-state index is -4.41. The Morgan fingerprint density at radius 3 is 2.54 bits per heavy atom. The maximum atomic E-state index is 12.9. The van der Waals surface area contributed by atoms with Gasteiger partial charge in [-0.15, -0.1) is 0 Å². The Hall–Kier alpha value is -2.46. The van der Waals surface area contributed by atoms with Gasteiger partial charge in [0, 0.05) is 0 Å². The second kappa shape index (κ2) is 6.57. The minimum absolute atomic E-state index is 0.185. The summed E-state index contributed by atoms with van der Waals surface area (Å²) in [4.78, 5) is 4.30. The highest BCUT2D eigenvalue weighted by molar-refractivity contribution is 7.99. The predicted octanol–water partition coefficient (Wildman–Crippen LogP) is 4.72. The van der Waals surface area contributed by atoms with Gasteiger partial charge in [0.05, 0.1) is 35.0 Å². The van der Waals surface area contributed by atoms with Crippen molar-refractivity contribution in [3.63, 3.8) is 0 Å². The zero-order valence-electron chi connectivity index (χ0n) is 12.4. The molecule has 0 N–H and O–H groups in total. The minimum Gasteiger partial charge on any atom is -0.314 e. The van der Waals surface area contributed by atoms with Crippen molar-refractivity contribution in [2.24, 2.45) is 0 Å². The Bertz CT molecular complexity index is 895. The van der Waals surface area contributed by atoms with Gasteiger partial charge in [0.15, 0.2) is 5.16 Å². The third kappa shape index (κ3) is 3.39. The van der Waals surface area contributed by atoms with E-state index >= 15 is 0 Å². The molecule has 7 heteroatoms. The molecule has 0 unspecified atom stereocenters. The summed E-state index contributed by atoms with van der Waals surface area (Å²) in [5, 5.41) is 9.31. The number of nitriles is 1. The summed E-state index contributed by atoms with van der Waals surface area (Å²) in [6, 6.07) is 15.1. The quantitative estimate of drug-likeness (QED) is 0.641.